The summed E-state index contributed by atoms with van der Waals surface area (Å²) in [6.45, 7) is 3.00. The van der Waals surface area contributed by atoms with E-state index in [4.69, 9.17) is 9.47 Å². The Balaban J connectivity index is 2.44. The summed E-state index contributed by atoms with van der Waals surface area (Å²) in [5.41, 5.74) is 1.36. The molecule has 0 aliphatic rings. The number of hydrogen-bond acceptors (Lipinski definition) is 3. The minimum absolute atomic E-state index is 0.154. The van der Waals surface area contributed by atoms with Crippen molar-refractivity contribution in [3.8, 4) is 0 Å². The van der Waals surface area contributed by atoms with E-state index in [1.165, 1.54) is 5.56 Å². The number of benzene rings is 1. The maximum absolute atomic E-state index is 5.21. The maximum Gasteiger partial charge on any atom is 0.169 e. The first kappa shape index (κ1) is 14.2. The molecule has 0 saturated carbocycles. The Bertz CT molecular complexity index is 298. The molecular formula is C14H23NO2. The first-order valence-corrected chi connectivity index (χ1v) is 5.97. The molecule has 17 heavy (non-hydrogen) atoms. The molecule has 3 heteroatoms. The van der Waals surface area contributed by atoms with Crippen LogP contribution in [0, 0.1) is 0 Å². The van der Waals surface area contributed by atoms with Gasteiger partial charge < -0.3 is 9.47 Å². The van der Waals surface area contributed by atoms with E-state index in [-0.39, 0.29) is 6.29 Å². The topological polar surface area (TPSA) is 21.7 Å². The summed E-state index contributed by atoms with van der Waals surface area (Å²) < 4.78 is 10.4. The van der Waals surface area contributed by atoms with Gasteiger partial charge in [-0.15, -0.1) is 0 Å². The van der Waals surface area contributed by atoms with Gasteiger partial charge in [0.25, 0.3) is 0 Å². The van der Waals surface area contributed by atoms with Crippen LogP contribution in [0.4, 0.5) is 0 Å². The first-order valence-electron chi connectivity index (χ1n) is 5.97. The molecule has 0 aromatic heterocycles. The highest BCUT2D eigenvalue weighted by atomic mass is 16.7. The third-order valence-electron chi connectivity index (χ3n) is 3.09. The van der Waals surface area contributed by atoms with E-state index in [9.17, 15) is 0 Å². The Morgan fingerprint density at radius 2 is 1.71 bits per heavy atom. The number of hydrogen-bond donors (Lipinski definition) is 0. The summed E-state index contributed by atoms with van der Waals surface area (Å²) in [6.07, 6.45) is 0.885. The molecular weight excluding hydrogens is 214 g/mol. The minimum Gasteiger partial charge on any atom is -0.355 e. The van der Waals surface area contributed by atoms with Gasteiger partial charge >= 0.3 is 0 Å². The smallest absolute Gasteiger partial charge is 0.169 e. The van der Waals surface area contributed by atoms with Crippen LogP contribution in [0.5, 0.6) is 0 Å². The minimum atomic E-state index is -0.154. The van der Waals surface area contributed by atoms with E-state index >= 15 is 0 Å². The lowest BCUT2D eigenvalue weighted by atomic mass is 10.1. The van der Waals surface area contributed by atoms with Crippen molar-refractivity contribution in [2.75, 3.05) is 27.8 Å². The van der Waals surface area contributed by atoms with Crippen LogP contribution in [0.15, 0.2) is 30.3 Å². The molecule has 96 valence electrons. The van der Waals surface area contributed by atoms with E-state index in [0.29, 0.717) is 6.04 Å². The zero-order chi connectivity index (χ0) is 12.7. The Morgan fingerprint density at radius 1 is 1.12 bits per heavy atom. The molecule has 0 aliphatic carbocycles. The van der Waals surface area contributed by atoms with Gasteiger partial charge in [0.1, 0.15) is 0 Å². The zero-order valence-corrected chi connectivity index (χ0v) is 11.2. The molecule has 0 amide bonds. The second-order valence-corrected chi connectivity index (χ2v) is 4.38. The SMILES string of the molecule is COC(CN(C)C(C)Cc1ccccc1)OC. The predicted octanol–water partition coefficient (Wildman–Crippen LogP) is 2.17. The normalized spacial score (nSPS) is 13.3. The Labute approximate surface area is 104 Å². The van der Waals surface area contributed by atoms with Crippen molar-refractivity contribution in [1.82, 2.24) is 4.90 Å². The van der Waals surface area contributed by atoms with Gasteiger partial charge in [-0.3, -0.25) is 4.90 Å². The molecule has 1 unspecified atom stereocenters. The van der Waals surface area contributed by atoms with Crippen LogP contribution >= 0.6 is 0 Å². The summed E-state index contributed by atoms with van der Waals surface area (Å²) in [6, 6.07) is 11.0. The molecule has 0 aliphatic heterocycles. The highest BCUT2D eigenvalue weighted by Crippen LogP contribution is 2.08. The molecule has 1 aromatic carbocycles. The van der Waals surface area contributed by atoms with Crippen molar-refractivity contribution >= 4 is 0 Å². The molecule has 0 spiro atoms. The predicted molar refractivity (Wildman–Crippen MR) is 70.0 cm³/mol. The standard InChI is InChI=1S/C14H23NO2/c1-12(10-13-8-6-5-7-9-13)15(2)11-14(16-3)17-4/h5-9,12,14H,10-11H2,1-4H3. The number of rotatable bonds is 7. The highest BCUT2D eigenvalue weighted by molar-refractivity contribution is 5.15. The summed E-state index contributed by atoms with van der Waals surface area (Å²) in [4.78, 5) is 2.25. The molecule has 0 saturated heterocycles. The van der Waals surface area contributed by atoms with Crippen LogP contribution in [-0.4, -0.2) is 45.0 Å². The molecule has 0 heterocycles. The lowest BCUT2D eigenvalue weighted by Gasteiger charge is -2.27. The summed E-state index contributed by atoms with van der Waals surface area (Å²) in [5.74, 6) is 0. The Hall–Kier alpha value is -0.900. The van der Waals surface area contributed by atoms with Crippen LogP contribution in [0.1, 0.15) is 12.5 Å². The summed E-state index contributed by atoms with van der Waals surface area (Å²) in [7, 11) is 5.44. The second kappa shape index (κ2) is 7.43. The molecule has 0 bridgehead atoms. The summed E-state index contributed by atoms with van der Waals surface area (Å²) >= 11 is 0. The number of likely N-dealkylation sites (N-methyl/N-ethyl adjacent to an activating group) is 1. The zero-order valence-electron chi connectivity index (χ0n) is 11.2. The van der Waals surface area contributed by atoms with E-state index in [1.807, 2.05) is 6.07 Å². The van der Waals surface area contributed by atoms with Crippen molar-refractivity contribution < 1.29 is 9.47 Å². The average Bonchev–Trinajstić information content (AvgIpc) is 2.36. The van der Waals surface area contributed by atoms with Gasteiger partial charge in [-0.05, 0) is 26.0 Å². The first-order chi connectivity index (χ1) is 8.17. The fourth-order valence-corrected chi connectivity index (χ4v) is 1.77. The average molecular weight is 237 g/mol. The lowest BCUT2D eigenvalue weighted by molar-refractivity contribution is -0.116. The van der Waals surface area contributed by atoms with Crippen molar-refractivity contribution in [3.63, 3.8) is 0 Å². The van der Waals surface area contributed by atoms with Crippen molar-refractivity contribution in [2.24, 2.45) is 0 Å². The molecule has 1 rings (SSSR count). The molecule has 1 aromatic rings. The van der Waals surface area contributed by atoms with Crippen molar-refractivity contribution in [1.29, 1.82) is 0 Å². The van der Waals surface area contributed by atoms with Gasteiger partial charge in [0.15, 0.2) is 6.29 Å². The van der Waals surface area contributed by atoms with E-state index in [2.05, 4.69) is 43.1 Å². The second-order valence-electron chi connectivity index (χ2n) is 4.38. The highest BCUT2D eigenvalue weighted by Gasteiger charge is 2.14. The fourth-order valence-electron chi connectivity index (χ4n) is 1.77. The number of methoxy groups -OCH3 is 2. The Kier molecular flexibility index (Phi) is 6.19. The largest absolute Gasteiger partial charge is 0.355 e. The molecule has 0 fully saturated rings. The molecule has 0 N–H and O–H groups in total. The molecule has 0 radical (unpaired) electrons. The van der Waals surface area contributed by atoms with Gasteiger partial charge in [-0.1, -0.05) is 30.3 Å². The van der Waals surface area contributed by atoms with E-state index in [1.54, 1.807) is 14.2 Å². The third kappa shape index (κ3) is 4.86. The van der Waals surface area contributed by atoms with E-state index in [0.717, 1.165) is 13.0 Å². The van der Waals surface area contributed by atoms with Crippen LogP contribution in [0.2, 0.25) is 0 Å². The maximum atomic E-state index is 5.21. The monoisotopic (exact) mass is 237 g/mol. The van der Waals surface area contributed by atoms with Gasteiger partial charge in [0.2, 0.25) is 0 Å². The van der Waals surface area contributed by atoms with Crippen LogP contribution < -0.4 is 0 Å². The van der Waals surface area contributed by atoms with Gasteiger partial charge in [0.05, 0.1) is 0 Å². The number of ether oxygens (including phenoxy) is 2. The van der Waals surface area contributed by atoms with Gasteiger partial charge in [-0.25, -0.2) is 0 Å². The fraction of sp³-hybridized carbons (Fsp3) is 0.571. The van der Waals surface area contributed by atoms with Crippen molar-refractivity contribution in [3.05, 3.63) is 35.9 Å². The Morgan fingerprint density at radius 3 is 2.24 bits per heavy atom. The number of nitrogens with zero attached hydrogens (tertiary/aromatic N) is 1. The summed E-state index contributed by atoms with van der Waals surface area (Å²) in [5, 5.41) is 0. The molecule has 3 nitrogen and oxygen atoms in total. The van der Waals surface area contributed by atoms with E-state index < -0.39 is 0 Å². The quantitative estimate of drug-likeness (QED) is 0.678. The van der Waals surface area contributed by atoms with Gasteiger partial charge in [-0.2, -0.15) is 0 Å². The third-order valence-corrected chi connectivity index (χ3v) is 3.09. The van der Waals surface area contributed by atoms with Crippen LogP contribution in [-0.2, 0) is 15.9 Å². The van der Waals surface area contributed by atoms with Crippen LogP contribution in [0.3, 0.4) is 0 Å². The lowest BCUT2D eigenvalue weighted by Crippen LogP contribution is -2.38. The van der Waals surface area contributed by atoms with Crippen LogP contribution in [0.25, 0.3) is 0 Å². The van der Waals surface area contributed by atoms with Crippen molar-refractivity contribution in [2.45, 2.75) is 25.7 Å². The van der Waals surface area contributed by atoms with Gasteiger partial charge in [0, 0.05) is 26.8 Å². The molecule has 1 atom stereocenters.